The van der Waals surface area contributed by atoms with Crippen LogP contribution in [0.1, 0.15) is 71.2 Å². The minimum absolute atomic E-state index is 0.347. The van der Waals surface area contributed by atoms with E-state index >= 15 is 0 Å². The first kappa shape index (κ1) is 11.9. The van der Waals surface area contributed by atoms with Crippen LogP contribution in [0, 0.1) is 17.3 Å². The van der Waals surface area contributed by atoms with Gasteiger partial charge in [-0.1, -0.05) is 6.92 Å². The Morgan fingerprint density at radius 1 is 1.21 bits per heavy atom. The smallest absolute Gasteiger partial charge is 0.139 e. The van der Waals surface area contributed by atoms with Gasteiger partial charge in [-0.15, -0.1) is 10.2 Å². The number of nitrogens with zero attached hydrogens (tertiary/aromatic N) is 3. The highest BCUT2D eigenvalue weighted by Gasteiger charge is 2.58. The quantitative estimate of drug-likeness (QED) is 0.810. The summed E-state index contributed by atoms with van der Waals surface area (Å²) in [6.45, 7) is 7.01. The average Bonchev–Trinajstić information content (AvgIpc) is 2.74. The molecular formula is C16H25N3. The van der Waals surface area contributed by atoms with Gasteiger partial charge in [0, 0.05) is 11.5 Å². The van der Waals surface area contributed by atoms with E-state index < -0.39 is 0 Å². The van der Waals surface area contributed by atoms with Crippen molar-refractivity contribution in [3.8, 4) is 0 Å². The molecule has 0 aromatic carbocycles. The van der Waals surface area contributed by atoms with Gasteiger partial charge in [-0.2, -0.15) is 0 Å². The molecule has 104 valence electrons. The van der Waals surface area contributed by atoms with Crippen LogP contribution in [0.3, 0.4) is 0 Å². The van der Waals surface area contributed by atoms with Gasteiger partial charge in [0.1, 0.15) is 12.2 Å². The maximum atomic E-state index is 4.57. The highest BCUT2D eigenvalue weighted by atomic mass is 15.3. The molecule has 1 aromatic heterocycles. The second kappa shape index (κ2) is 3.62. The average molecular weight is 259 g/mol. The van der Waals surface area contributed by atoms with E-state index in [0.29, 0.717) is 16.9 Å². The van der Waals surface area contributed by atoms with Gasteiger partial charge in [-0.25, -0.2) is 0 Å². The highest BCUT2D eigenvalue weighted by Crippen LogP contribution is 2.65. The van der Waals surface area contributed by atoms with Gasteiger partial charge in [0.25, 0.3) is 0 Å². The van der Waals surface area contributed by atoms with Crippen LogP contribution >= 0.6 is 0 Å². The third-order valence-electron chi connectivity index (χ3n) is 5.96. The molecule has 4 aliphatic carbocycles. The third-order valence-corrected chi connectivity index (χ3v) is 5.96. The van der Waals surface area contributed by atoms with Crippen LogP contribution in [-0.2, 0) is 5.41 Å². The van der Waals surface area contributed by atoms with E-state index in [1.165, 1.54) is 44.3 Å². The van der Waals surface area contributed by atoms with E-state index in [0.717, 1.165) is 11.8 Å². The van der Waals surface area contributed by atoms with Gasteiger partial charge >= 0.3 is 0 Å². The Balaban J connectivity index is 1.79. The number of aromatic nitrogens is 3. The van der Waals surface area contributed by atoms with Crippen LogP contribution in [0.2, 0.25) is 0 Å². The Morgan fingerprint density at radius 3 is 2.47 bits per heavy atom. The van der Waals surface area contributed by atoms with Crippen molar-refractivity contribution in [1.29, 1.82) is 0 Å². The summed E-state index contributed by atoms with van der Waals surface area (Å²) in [5, 5.41) is 8.81. The van der Waals surface area contributed by atoms with E-state index in [2.05, 4.69) is 35.5 Å². The Hall–Kier alpha value is -0.860. The van der Waals surface area contributed by atoms with Crippen LogP contribution in [0.4, 0.5) is 0 Å². The van der Waals surface area contributed by atoms with Crippen molar-refractivity contribution in [2.45, 2.75) is 70.8 Å². The standard InChI is InChI=1S/C16H25N3/c1-11(2)19-10-17-18-14(19)16-7-12-4-13(8-16)6-15(3,5-12)9-16/h10-13H,4-9H2,1-3H3. The third kappa shape index (κ3) is 1.63. The van der Waals surface area contributed by atoms with Gasteiger partial charge in [-0.05, 0) is 69.6 Å². The van der Waals surface area contributed by atoms with E-state index in [9.17, 15) is 0 Å². The number of hydrogen-bond donors (Lipinski definition) is 0. The minimum atomic E-state index is 0.347. The monoisotopic (exact) mass is 259 g/mol. The van der Waals surface area contributed by atoms with Crippen molar-refractivity contribution in [1.82, 2.24) is 14.8 Å². The summed E-state index contributed by atoms with van der Waals surface area (Å²) >= 11 is 0. The maximum absolute atomic E-state index is 4.57. The van der Waals surface area contributed by atoms with E-state index in [1.807, 2.05) is 6.33 Å². The van der Waals surface area contributed by atoms with Crippen LogP contribution in [0.25, 0.3) is 0 Å². The number of hydrogen-bond acceptors (Lipinski definition) is 2. The van der Waals surface area contributed by atoms with Crippen molar-refractivity contribution in [2.24, 2.45) is 17.3 Å². The highest BCUT2D eigenvalue weighted by molar-refractivity contribution is 5.20. The summed E-state index contributed by atoms with van der Waals surface area (Å²) in [5.74, 6) is 3.19. The lowest BCUT2D eigenvalue weighted by Crippen LogP contribution is -2.53. The van der Waals surface area contributed by atoms with Gasteiger partial charge in [0.15, 0.2) is 0 Å². The summed E-state index contributed by atoms with van der Waals surface area (Å²) in [6, 6.07) is 0.478. The molecule has 0 saturated heterocycles. The molecule has 2 atom stereocenters. The Labute approximate surface area is 115 Å². The SMILES string of the molecule is CC(C)n1cnnc1C12CC3CC(CC(C)(C3)C1)C2. The van der Waals surface area contributed by atoms with Crippen LogP contribution < -0.4 is 0 Å². The fourth-order valence-corrected chi connectivity index (χ4v) is 5.98. The zero-order valence-electron chi connectivity index (χ0n) is 12.4. The van der Waals surface area contributed by atoms with Gasteiger partial charge in [0.05, 0.1) is 0 Å². The lowest BCUT2D eigenvalue weighted by atomic mass is 9.44. The maximum Gasteiger partial charge on any atom is 0.139 e. The lowest BCUT2D eigenvalue weighted by molar-refractivity contribution is -0.0663. The molecule has 2 unspecified atom stereocenters. The fraction of sp³-hybridized carbons (Fsp3) is 0.875. The van der Waals surface area contributed by atoms with Gasteiger partial charge in [-0.3, -0.25) is 0 Å². The zero-order chi connectivity index (χ0) is 13.3. The molecule has 4 saturated carbocycles. The Morgan fingerprint density at radius 2 is 1.89 bits per heavy atom. The topological polar surface area (TPSA) is 30.7 Å². The molecule has 1 aromatic rings. The summed E-state index contributed by atoms with van der Waals surface area (Å²) in [5.41, 5.74) is 0.928. The minimum Gasteiger partial charge on any atom is -0.315 e. The largest absolute Gasteiger partial charge is 0.315 e. The predicted octanol–water partition coefficient (Wildman–Crippen LogP) is 3.72. The molecule has 3 nitrogen and oxygen atoms in total. The first-order valence-corrected chi connectivity index (χ1v) is 7.90. The van der Waals surface area contributed by atoms with E-state index in [-0.39, 0.29) is 0 Å². The summed E-state index contributed by atoms with van der Waals surface area (Å²) < 4.78 is 2.33. The van der Waals surface area contributed by atoms with Gasteiger partial charge < -0.3 is 4.57 Å². The molecule has 0 amide bonds. The van der Waals surface area contributed by atoms with E-state index in [1.54, 1.807) is 0 Å². The molecule has 3 heteroatoms. The normalized spacial score (nSPS) is 44.2. The van der Waals surface area contributed by atoms with Gasteiger partial charge in [0.2, 0.25) is 0 Å². The van der Waals surface area contributed by atoms with Crippen molar-refractivity contribution in [3.05, 3.63) is 12.2 Å². The van der Waals surface area contributed by atoms with Crippen LogP contribution in [-0.4, -0.2) is 14.8 Å². The summed E-state index contributed by atoms with van der Waals surface area (Å²) in [7, 11) is 0. The molecule has 0 N–H and O–H groups in total. The molecule has 4 fully saturated rings. The van der Waals surface area contributed by atoms with Crippen molar-refractivity contribution in [3.63, 3.8) is 0 Å². The molecule has 4 aliphatic rings. The Kier molecular flexibility index (Phi) is 2.27. The molecule has 19 heavy (non-hydrogen) atoms. The summed E-state index contributed by atoms with van der Waals surface area (Å²) in [6.07, 6.45) is 10.4. The van der Waals surface area contributed by atoms with E-state index in [4.69, 9.17) is 0 Å². The molecule has 5 rings (SSSR count). The van der Waals surface area contributed by atoms with Crippen LogP contribution in [0.15, 0.2) is 6.33 Å². The Bertz CT molecular complexity index is 488. The van der Waals surface area contributed by atoms with Crippen LogP contribution in [0.5, 0.6) is 0 Å². The summed E-state index contributed by atoms with van der Waals surface area (Å²) in [4.78, 5) is 0. The molecule has 1 heterocycles. The first-order chi connectivity index (χ1) is 9.00. The molecular weight excluding hydrogens is 234 g/mol. The predicted molar refractivity (Wildman–Crippen MR) is 74.9 cm³/mol. The molecule has 0 aliphatic heterocycles. The second-order valence-electron chi connectivity index (χ2n) is 8.21. The molecule has 4 bridgehead atoms. The lowest BCUT2D eigenvalue weighted by Gasteiger charge is -2.60. The fourth-order valence-electron chi connectivity index (χ4n) is 5.98. The second-order valence-corrected chi connectivity index (χ2v) is 8.21. The zero-order valence-corrected chi connectivity index (χ0v) is 12.4. The van der Waals surface area contributed by atoms with Crippen molar-refractivity contribution < 1.29 is 0 Å². The van der Waals surface area contributed by atoms with Crippen molar-refractivity contribution in [2.75, 3.05) is 0 Å². The van der Waals surface area contributed by atoms with Crippen molar-refractivity contribution >= 4 is 0 Å². The molecule has 0 radical (unpaired) electrons. The first-order valence-electron chi connectivity index (χ1n) is 7.90. The number of rotatable bonds is 2. The molecule has 0 spiro atoms.